The van der Waals surface area contributed by atoms with E-state index in [2.05, 4.69) is 16.8 Å². The molecular formula is C10H18N2O2S. The molecule has 86 valence electrons. The molecule has 0 spiro atoms. The molecule has 0 aromatic carbocycles. The lowest BCUT2D eigenvalue weighted by Crippen LogP contribution is -2.44. The summed E-state index contributed by atoms with van der Waals surface area (Å²) >= 11 is 4.67. The smallest absolute Gasteiger partial charge is 0.410 e. The third-order valence-corrected chi connectivity index (χ3v) is 2.50. The first-order chi connectivity index (χ1) is 6.92. The zero-order chi connectivity index (χ0) is 11.5. The first kappa shape index (κ1) is 12.4. The first-order valence-corrected chi connectivity index (χ1v) is 5.59. The van der Waals surface area contributed by atoms with Crippen LogP contribution < -0.4 is 0 Å². The van der Waals surface area contributed by atoms with Crippen LogP contribution in [0, 0.1) is 0 Å². The summed E-state index contributed by atoms with van der Waals surface area (Å²) in [5.41, 5.74) is -0.435. The van der Waals surface area contributed by atoms with Crippen molar-refractivity contribution in [1.29, 1.82) is 0 Å². The van der Waals surface area contributed by atoms with Gasteiger partial charge in [0.15, 0.2) is 0 Å². The minimum atomic E-state index is -0.435. The van der Waals surface area contributed by atoms with Crippen LogP contribution in [-0.4, -0.2) is 35.7 Å². The highest BCUT2D eigenvalue weighted by molar-refractivity contribution is 7.47. The molecule has 1 aliphatic rings. The first-order valence-electron chi connectivity index (χ1n) is 5.23. The van der Waals surface area contributed by atoms with Crippen LogP contribution in [0.15, 0.2) is 4.36 Å². The maximum absolute atomic E-state index is 11.7. The molecule has 0 radical (unpaired) electrons. The summed E-state index contributed by atoms with van der Waals surface area (Å²) < 4.78 is 9.09. The quantitative estimate of drug-likeness (QED) is 0.693. The zero-order valence-electron chi connectivity index (χ0n) is 9.52. The van der Waals surface area contributed by atoms with Gasteiger partial charge in [-0.3, -0.25) is 0 Å². The number of rotatable bonds is 1. The van der Waals surface area contributed by atoms with Crippen molar-refractivity contribution in [2.45, 2.75) is 45.3 Å². The Balaban J connectivity index is 2.49. The van der Waals surface area contributed by atoms with Crippen molar-refractivity contribution >= 4 is 18.5 Å². The van der Waals surface area contributed by atoms with Crippen molar-refractivity contribution in [3.05, 3.63) is 0 Å². The Labute approximate surface area is 96.1 Å². The predicted octanol–water partition coefficient (Wildman–Crippen LogP) is 2.12. The van der Waals surface area contributed by atoms with Gasteiger partial charge in [-0.15, -0.1) is 0 Å². The van der Waals surface area contributed by atoms with E-state index in [9.17, 15) is 4.79 Å². The average molecular weight is 230 g/mol. The molecule has 1 fully saturated rings. The van der Waals surface area contributed by atoms with Crippen molar-refractivity contribution < 1.29 is 9.53 Å². The molecule has 0 N–H and O–H groups in total. The van der Waals surface area contributed by atoms with Gasteiger partial charge in [-0.05, 0) is 33.6 Å². The van der Waals surface area contributed by atoms with Gasteiger partial charge in [-0.1, -0.05) is 0 Å². The Morgan fingerprint density at radius 3 is 2.73 bits per heavy atom. The number of likely N-dealkylation sites (tertiary alicyclic amines) is 1. The van der Waals surface area contributed by atoms with Crippen LogP contribution in [0.3, 0.4) is 0 Å². The monoisotopic (exact) mass is 230 g/mol. The average Bonchev–Trinajstić information content (AvgIpc) is 2.15. The van der Waals surface area contributed by atoms with E-state index in [1.54, 1.807) is 4.90 Å². The van der Waals surface area contributed by atoms with Gasteiger partial charge in [-0.25, -0.2) is 9.16 Å². The predicted molar refractivity (Wildman–Crippen MR) is 60.6 cm³/mol. The number of ether oxygens (including phenoxy) is 1. The van der Waals surface area contributed by atoms with Crippen molar-refractivity contribution in [2.24, 2.45) is 4.36 Å². The molecule has 1 saturated heterocycles. The van der Waals surface area contributed by atoms with E-state index in [-0.39, 0.29) is 12.1 Å². The molecule has 1 aliphatic heterocycles. The molecule has 15 heavy (non-hydrogen) atoms. The molecule has 0 saturated carbocycles. The SMILES string of the molecule is CC(C)(C)OC(=O)N1CCCC(N=S)C1. The molecule has 0 aromatic rings. The molecule has 1 rings (SSSR count). The Morgan fingerprint density at radius 2 is 2.20 bits per heavy atom. The van der Waals surface area contributed by atoms with E-state index in [1.807, 2.05) is 20.8 Å². The summed E-state index contributed by atoms with van der Waals surface area (Å²) in [6, 6.07) is 0.0984. The highest BCUT2D eigenvalue weighted by atomic mass is 32.1. The minimum Gasteiger partial charge on any atom is -0.444 e. The van der Waals surface area contributed by atoms with Crippen LogP contribution in [-0.2, 0) is 17.2 Å². The lowest BCUT2D eigenvalue weighted by atomic mass is 10.1. The van der Waals surface area contributed by atoms with Crippen LogP contribution in [0.2, 0.25) is 0 Å². The van der Waals surface area contributed by atoms with E-state index >= 15 is 0 Å². The normalized spacial score (nSPS) is 22.3. The topological polar surface area (TPSA) is 41.9 Å². The fourth-order valence-corrected chi connectivity index (χ4v) is 1.71. The van der Waals surface area contributed by atoms with Crippen LogP contribution in [0.4, 0.5) is 4.79 Å². The van der Waals surface area contributed by atoms with Crippen LogP contribution in [0.25, 0.3) is 0 Å². The van der Waals surface area contributed by atoms with Gasteiger partial charge in [-0.2, -0.15) is 0 Å². The summed E-state index contributed by atoms with van der Waals surface area (Å²) in [4.78, 5) is 13.4. The molecule has 1 amide bonds. The van der Waals surface area contributed by atoms with E-state index in [1.165, 1.54) is 0 Å². The summed E-state index contributed by atoms with van der Waals surface area (Å²) in [6.45, 7) is 6.94. The molecule has 0 bridgehead atoms. The Kier molecular flexibility index (Phi) is 4.02. The number of piperidine rings is 1. The zero-order valence-corrected chi connectivity index (χ0v) is 10.3. The number of hydrogen-bond acceptors (Lipinski definition) is 4. The van der Waals surface area contributed by atoms with Gasteiger partial charge >= 0.3 is 6.09 Å². The lowest BCUT2D eigenvalue weighted by molar-refractivity contribution is 0.0202. The molecule has 1 heterocycles. The Hall–Kier alpha value is -0.710. The molecule has 5 heteroatoms. The highest BCUT2D eigenvalue weighted by Gasteiger charge is 2.27. The second-order valence-corrected chi connectivity index (χ2v) is 5.04. The van der Waals surface area contributed by atoms with Crippen molar-refractivity contribution in [3.8, 4) is 0 Å². The largest absolute Gasteiger partial charge is 0.444 e. The minimum absolute atomic E-state index is 0.0984. The summed E-state index contributed by atoms with van der Waals surface area (Å²) in [7, 11) is 0. The third kappa shape index (κ3) is 4.11. The maximum Gasteiger partial charge on any atom is 0.410 e. The van der Waals surface area contributed by atoms with Gasteiger partial charge in [0.05, 0.1) is 6.04 Å². The Morgan fingerprint density at radius 1 is 1.53 bits per heavy atom. The summed E-state index contributed by atoms with van der Waals surface area (Å²) in [5.74, 6) is 0. The second kappa shape index (κ2) is 4.88. The molecule has 1 atom stereocenters. The number of amides is 1. The van der Waals surface area contributed by atoms with Crippen LogP contribution in [0.1, 0.15) is 33.6 Å². The summed E-state index contributed by atoms with van der Waals surface area (Å²) in [5, 5.41) is 0. The number of carbonyl (C=O) groups excluding carboxylic acids is 1. The molecule has 4 nitrogen and oxygen atoms in total. The van der Waals surface area contributed by atoms with Crippen molar-refractivity contribution in [1.82, 2.24) is 4.90 Å². The molecular weight excluding hydrogens is 212 g/mol. The van der Waals surface area contributed by atoms with Crippen molar-refractivity contribution in [3.63, 3.8) is 0 Å². The van der Waals surface area contributed by atoms with Crippen molar-refractivity contribution in [2.75, 3.05) is 13.1 Å². The second-order valence-electron chi connectivity index (χ2n) is 4.83. The fourth-order valence-electron chi connectivity index (χ4n) is 1.53. The van der Waals surface area contributed by atoms with E-state index < -0.39 is 5.60 Å². The van der Waals surface area contributed by atoms with E-state index in [0.29, 0.717) is 6.54 Å². The summed E-state index contributed by atoms with van der Waals surface area (Å²) in [6.07, 6.45) is 1.66. The fraction of sp³-hybridized carbons (Fsp3) is 0.900. The van der Waals surface area contributed by atoms with Gasteiger partial charge in [0.25, 0.3) is 0 Å². The van der Waals surface area contributed by atoms with E-state index in [0.717, 1.165) is 19.4 Å². The van der Waals surface area contributed by atoms with Crippen LogP contribution >= 0.6 is 0 Å². The standard InChI is InChI=1S/C10H18N2O2S/c1-10(2,3)14-9(13)12-6-4-5-8(7-12)11-15/h8H,4-7H2,1-3H3. The number of nitrogens with zero attached hydrogens (tertiary/aromatic N) is 2. The Bertz CT molecular complexity index is 250. The highest BCUT2D eigenvalue weighted by Crippen LogP contribution is 2.16. The van der Waals surface area contributed by atoms with Crippen LogP contribution in [0.5, 0.6) is 0 Å². The van der Waals surface area contributed by atoms with Gasteiger partial charge in [0.2, 0.25) is 0 Å². The van der Waals surface area contributed by atoms with Gasteiger partial charge in [0.1, 0.15) is 5.60 Å². The molecule has 0 aliphatic carbocycles. The van der Waals surface area contributed by atoms with Gasteiger partial charge < -0.3 is 9.64 Å². The third-order valence-electron chi connectivity index (χ3n) is 2.20. The molecule has 1 unspecified atom stereocenters. The lowest BCUT2D eigenvalue weighted by Gasteiger charge is -2.32. The number of carbonyl (C=O) groups is 1. The van der Waals surface area contributed by atoms with Gasteiger partial charge in [0, 0.05) is 25.5 Å². The maximum atomic E-state index is 11.7. The molecule has 0 aromatic heterocycles. The number of hydrogen-bond donors (Lipinski definition) is 0. The van der Waals surface area contributed by atoms with E-state index in [4.69, 9.17) is 4.74 Å².